The Morgan fingerprint density at radius 3 is 2.39 bits per heavy atom. The molecule has 0 saturated heterocycles. The number of hydrogen-bond acceptors (Lipinski definition) is 10. The number of benzene rings is 1. The molecule has 1 aromatic heterocycles. The van der Waals surface area contributed by atoms with Gasteiger partial charge in [-0.2, -0.15) is 0 Å². The minimum absolute atomic E-state index is 0.0728. The molecular weight excluding hydrogens is 388 g/mol. The molecule has 2 aromatic rings. The number of carbonyl (C=O) groups is 1. The van der Waals surface area contributed by atoms with Crippen LogP contribution in [0.3, 0.4) is 0 Å². The third-order valence-corrected chi connectivity index (χ3v) is 4.48. The summed E-state index contributed by atoms with van der Waals surface area (Å²) >= 11 is 1.11. The number of nitrogen functional groups attached to an aromatic ring is 1. The van der Waals surface area contributed by atoms with Crippen molar-refractivity contribution in [3.8, 4) is 28.6 Å². The molecule has 0 aliphatic heterocycles. The highest BCUT2D eigenvalue weighted by Gasteiger charge is 2.19. The van der Waals surface area contributed by atoms with Crippen molar-refractivity contribution >= 4 is 17.7 Å². The monoisotopic (exact) mass is 410 g/mol. The van der Waals surface area contributed by atoms with Crippen LogP contribution < -0.4 is 20.1 Å². The summed E-state index contributed by atoms with van der Waals surface area (Å²) in [7, 11) is 4.53. The van der Waals surface area contributed by atoms with E-state index in [2.05, 4.69) is 10.2 Å². The van der Waals surface area contributed by atoms with Crippen molar-refractivity contribution in [1.29, 1.82) is 0 Å². The normalized spacial score (nSPS) is 11.2. The summed E-state index contributed by atoms with van der Waals surface area (Å²) in [5, 5.41) is 18.3. The minimum atomic E-state index is -0.618. The van der Waals surface area contributed by atoms with E-state index in [9.17, 15) is 9.90 Å². The highest BCUT2D eigenvalue weighted by Crippen LogP contribution is 2.40. The van der Waals surface area contributed by atoms with Gasteiger partial charge in [0, 0.05) is 5.56 Å². The molecule has 0 atom stereocenters. The molecule has 0 bridgehead atoms. The summed E-state index contributed by atoms with van der Waals surface area (Å²) in [6, 6.07) is 3.39. The smallest absolute Gasteiger partial charge is 0.334 e. The largest absolute Gasteiger partial charge is 0.511 e. The van der Waals surface area contributed by atoms with Gasteiger partial charge in [0.15, 0.2) is 17.3 Å². The van der Waals surface area contributed by atoms with Crippen molar-refractivity contribution in [2.24, 2.45) is 0 Å². The molecule has 0 fully saturated rings. The molecule has 28 heavy (non-hydrogen) atoms. The molecule has 0 radical (unpaired) electrons. The van der Waals surface area contributed by atoms with Crippen LogP contribution in [0.2, 0.25) is 0 Å². The van der Waals surface area contributed by atoms with E-state index >= 15 is 0 Å². The van der Waals surface area contributed by atoms with Gasteiger partial charge in [0.1, 0.15) is 5.76 Å². The van der Waals surface area contributed by atoms with E-state index in [1.165, 1.54) is 26.0 Å². The summed E-state index contributed by atoms with van der Waals surface area (Å²) in [4.78, 5) is 11.3. The Morgan fingerprint density at radius 2 is 1.86 bits per heavy atom. The number of aromatic nitrogens is 3. The Morgan fingerprint density at radius 1 is 1.21 bits per heavy atom. The van der Waals surface area contributed by atoms with Crippen LogP contribution in [0.1, 0.15) is 6.92 Å². The van der Waals surface area contributed by atoms with Crippen LogP contribution in [0.25, 0.3) is 11.4 Å². The molecule has 3 N–H and O–H groups in total. The Balaban J connectivity index is 2.24. The molecule has 0 aliphatic rings. The molecule has 11 heteroatoms. The van der Waals surface area contributed by atoms with E-state index in [0.717, 1.165) is 17.8 Å². The number of aliphatic hydroxyl groups excluding tert-OH is 1. The topological polar surface area (TPSA) is 131 Å². The van der Waals surface area contributed by atoms with E-state index < -0.39 is 5.97 Å². The van der Waals surface area contributed by atoms with Crippen molar-refractivity contribution in [2.45, 2.75) is 12.1 Å². The molecule has 0 unspecified atom stereocenters. The number of thioether (sulfide) groups is 1. The molecule has 1 heterocycles. The number of rotatable bonds is 9. The lowest BCUT2D eigenvalue weighted by atomic mass is 10.1. The number of carbonyl (C=O) groups excluding carboxylic acids is 1. The van der Waals surface area contributed by atoms with Crippen molar-refractivity contribution in [3.63, 3.8) is 0 Å². The zero-order valence-corrected chi connectivity index (χ0v) is 16.8. The maximum atomic E-state index is 11.3. The maximum Gasteiger partial charge on any atom is 0.334 e. The number of ether oxygens (including phenoxy) is 4. The first-order valence-electron chi connectivity index (χ1n) is 8.15. The number of nitrogens with zero attached hydrogens (tertiary/aromatic N) is 3. The number of methoxy groups -OCH3 is 3. The van der Waals surface area contributed by atoms with Gasteiger partial charge in [0.05, 0.1) is 39.8 Å². The summed E-state index contributed by atoms with van der Waals surface area (Å²) < 4.78 is 22.0. The van der Waals surface area contributed by atoms with E-state index in [0.29, 0.717) is 33.8 Å². The second-order valence-electron chi connectivity index (χ2n) is 5.27. The third-order valence-electron chi connectivity index (χ3n) is 3.51. The van der Waals surface area contributed by atoms with Crippen LogP contribution in [-0.4, -0.2) is 59.6 Å². The highest BCUT2D eigenvalue weighted by atomic mass is 32.2. The molecule has 0 aliphatic carbocycles. The predicted molar refractivity (Wildman–Crippen MR) is 103 cm³/mol. The second kappa shape index (κ2) is 9.74. The van der Waals surface area contributed by atoms with E-state index in [1.807, 2.05) is 0 Å². The Bertz CT molecular complexity index is 842. The van der Waals surface area contributed by atoms with Crippen molar-refractivity contribution in [3.05, 3.63) is 24.0 Å². The highest BCUT2D eigenvalue weighted by molar-refractivity contribution is 7.99. The van der Waals surface area contributed by atoms with Crippen LogP contribution >= 0.6 is 11.8 Å². The van der Waals surface area contributed by atoms with Gasteiger partial charge in [-0.1, -0.05) is 11.8 Å². The Kier molecular flexibility index (Phi) is 7.38. The number of nitrogens with two attached hydrogens (primary N) is 1. The number of hydrogen-bond donors (Lipinski definition) is 2. The van der Waals surface area contributed by atoms with Crippen molar-refractivity contribution in [2.75, 3.05) is 39.5 Å². The van der Waals surface area contributed by atoms with Crippen LogP contribution in [0.4, 0.5) is 0 Å². The van der Waals surface area contributed by atoms with E-state index in [-0.39, 0.29) is 18.1 Å². The fourth-order valence-corrected chi connectivity index (χ4v) is 2.97. The van der Waals surface area contributed by atoms with Gasteiger partial charge in [-0.15, -0.1) is 10.2 Å². The predicted octanol–water partition coefficient (Wildman–Crippen LogP) is 1.78. The zero-order valence-electron chi connectivity index (χ0n) is 16.0. The fraction of sp³-hybridized carbons (Fsp3) is 0.353. The van der Waals surface area contributed by atoms with Crippen LogP contribution in [0.15, 0.2) is 29.1 Å². The molecule has 0 spiro atoms. The Hall–Kier alpha value is -3.08. The van der Waals surface area contributed by atoms with Gasteiger partial charge in [0.2, 0.25) is 10.9 Å². The molecule has 10 nitrogen and oxygen atoms in total. The van der Waals surface area contributed by atoms with E-state index in [4.69, 9.17) is 24.8 Å². The lowest BCUT2D eigenvalue weighted by Gasteiger charge is -2.13. The fourth-order valence-electron chi connectivity index (χ4n) is 2.28. The minimum Gasteiger partial charge on any atom is -0.511 e. The first kappa shape index (κ1) is 21.2. The maximum absolute atomic E-state index is 11.3. The van der Waals surface area contributed by atoms with Crippen LogP contribution in [0, 0.1) is 0 Å². The van der Waals surface area contributed by atoms with Gasteiger partial charge in [0.25, 0.3) is 0 Å². The summed E-state index contributed by atoms with van der Waals surface area (Å²) in [5.41, 5.74) is 0.600. The summed E-state index contributed by atoms with van der Waals surface area (Å²) in [5.74, 6) is 7.08. The number of aliphatic hydroxyl groups is 1. The van der Waals surface area contributed by atoms with Crippen molar-refractivity contribution in [1.82, 2.24) is 14.9 Å². The first-order valence-corrected chi connectivity index (χ1v) is 9.13. The summed E-state index contributed by atoms with van der Waals surface area (Å²) in [6.45, 7) is 1.91. The third kappa shape index (κ3) is 4.80. The molecule has 1 aromatic carbocycles. The van der Waals surface area contributed by atoms with Crippen LogP contribution in [-0.2, 0) is 9.53 Å². The van der Waals surface area contributed by atoms with Gasteiger partial charge in [-0.25, -0.2) is 9.47 Å². The van der Waals surface area contributed by atoms with Gasteiger partial charge in [-0.05, 0) is 19.1 Å². The zero-order chi connectivity index (χ0) is 20.7. The van der Waals surface area contributed by atoms with Gasteiger partial charge < -0.3 is 29.9 Å². The average Bonchev–Trinajstić information content (AvgIpc) is 3.05. The van der Waals surface area contributed by atoms with E-state index in [1.54, 1.807) is 19.1 Å². The van der Waals surface area contributed by atoms with Gasteiger partial charge >= 0.3 is 5.97 Å². The lowest BCUT2D eigenvalue weighted by Crippen LogP contribution is -2.12. The SMILES string of the molecule is CCOC(=O)/C=C(\O)CSc1nnc(-c2cc(OC)c(OC)c(OC)c2)n1N. The molecule has 2 rings (SSSR count). The average molecular weight is 410 g/mol. The Labute approximate surface area is 166 Å². The molecule has 152 valence electrons. The van der Waals surface area contributed by atoms with Crippen LogP contribution in [0.5, 0.6) is 17.2 Å². The molecule has 0 amide bonds. The summed E-state index contributed by atoms with van der Waals surface area (Å²) in [6.07, 6.45) is 1.01. The van der Waals surface area contributed by atoms with Gasteiger partial charge in [-0.3, -0.25) is 0 Å². The first-order chi connectivity index (χ1) is 13.4. The second-order valence-corrected chi connectivity index (χ2v) is 6.21. The lowest BCUT2D eigenvalue weighted by molar-refractivity contribution is -0.137. The number of esters is 1. The standard InChI is InChI=1S/C17H22N4O6S/c1-5-27-14(23)8-11(22)9-28-17-20-19-16(21(17)18)10-6-12(24-2)15(26-4)13(7-10)25-3/h6-8,22H,5,9,18H2,1-4H3/b11-8-. The quantitative estimate of drug-likeness (QED) is 0.207. The van der Waals surface area contributed by atoms with Crippen molar-refractivity contribution < 1.29 is 28.8 Å². The molecular formula is C17H22N4O6S. The molecule has 0 saturated carbocycles.